The summed E-state index contributed by atoms with van der Waals surface area (Å²) in [6.07, 6.45) is -2.67. The minimum atomic E-state index is -2.82. The number of fused-ring (bicyclic) bond motifs is 2. The summed E-state index contributed by atoms with van der Waals surface area (Å²) >= 11 is 0. The molecule has 0 aromatic heterocycles. The first-order valence-corrected chi connectivity index (χ1v) is 18.0. The van der Waals surface area contributed by atoms with Crippen LogP contribution in [-0.4, -0.2) is 107 Å². The predicted molar refractivity (Wildman–Crippen MR) is 175 cm³/mol. The summed E-state index contributed by atoms with van der Waals surface area (Å²) in [7, 11) is 0.323. The van der Waals surface area contributed by atoms with Gasteiger partial charge in [-0.3, -0.25) is 0 Å². The van der Waals surface area contributed by atoms with E-state index in [-0.39, 0.29) is 30.5 Å². The Hall–Kier alpha value is -2.07. The van der Waals surface area contributed by atoms with Gasteiger partial charge >= 0.3 is 0 Å². The van der Waals surface area contributed by atoms with Crippen molar-refractivity contribution in [2.75, 3.05) is 27.4 Å². The van der Waals surface area contributed by atoms with E-state index in [0.717, 1.165) is 10.4 Å². The van der Waals surface area contributed by atoms with Gasteiger partial charge in [-0.15, -0.1) is 0 Å². The highest BCUT2D eigenvalue weighted by Crippen LogP contribution is 2.45. The van der Waals surface area contributed by atoms with Gasteiger partial charge in [-0.25, -0.2) is 0 Å². The number of hydrogen-bond acceptors (Lipinski definition) is 11. The van der Waals surface area contributed by atoms with Crippen molar-refractivity contribution in [2.24, 2.45) is 0 Å². The number of aliphatic hydroxyl groups excluding tert-OH is 1. The molecule has 12 heteroatoms. The van der Waals surface area contributed by atoms with Crippen LogP contribution < -0.4 is 10.4 Å². The van der Waals surface area contributed by atoms with Crippen LogP contribution in [0.15, 0.2) is 60.7 Å². The molecule has 0 aliphatic carbocycles. The predicted octanol–water partition coefficient (Wildman–Crippen LogP) is 2.89. The highest BCUT2D eigenvalue weighted by Gasteiger charge is 2.63. The number of aldehydes is 1. The zero-order valence-electron chi connectivity index (χ0n) is 28.8. The van der Waals surface area contributed by atoms with Gasteiger partial charge in [-0.1, -0.05) is 81.4 Å². The molecule has 0 radical (unpaired) electrons. The third kappa shape index (κ3) is 6.88. The fourth-order valence-electron chi connectivity index (χ4n) is 7.16. The maximum atomic E-state index is 10.7. The van der Waals surface area contributed by atoms with Gasteiger partial charge in [-0.2, -0.15) is 0 Å². The Bertz CT molecular complexity index is 1290. The van der Waals surface area contributed by atoms with Crippen LogP contribution in [0.25, 0.3) is 0 Å². The Kier molecular flexibility index (Phi) is 10.5. The molecule has 6 rings (SSSR count). The second kappa shape index (κ2) is 13.7. The second-order valence-electron chi connectivity index (χ2n) is 14.3. The first kappa shape index (κ1) is 36.2. The monoisotopic (exact) mass is 674 g/mol. The Morgan fingerprint density at radius 2 is 1.32 bits per heavy atom. The quantitative estimate of drug-likeness (QED) is 0.312. The Balaban J connectivity index is 0.000000257. The molecule has 0 saturated carbocycles. The number of benzene rings is 2. The molecule has 1 N–H and O–H groups in total. The van der Waals surface area contributed by atoms with Crippen LogP contribution in [0.4, 0.5) is 0 Å². The summed E-state index contributed by atoms with van der Waals surface area (Å²) in [5.74, 6) is -1.44. The van der Waals surface area contributed by atoms with Crippen LogP contribution in [0.5, 0.6) is 0 Å². The molecular formula is C35H50O11Si. The maximum absolute atomic E-state index is 10.7. The molecule has 0 spiro atoms. The lowest BCUT2D eigenvalue weighted by Gasteiger charge is -2.45. The van der Waals surface area contributed by atoms with Gasteiger partial charge in [0.15, 0.2) is 30.4 Å². The van der Waals surface area contributed by atoms with Crippen molar-refractivity contribution in [3.05, 3.63) is 60.7 Å². The Morgan fingerprint density at radius 1 is 0.787 bits per heavy atom. The molecule has 4 aliphatic heterocycles. The van der Waals surface area contributed by atoms with Crippen molar-refractivity contribution >= 4 is 25.0 Å². The van der Waals surface area contributed by atoms with E-state index in [1.807, 2.05) is 26.0 Å². The number of carbonyl (C=O) groups excluding carboxylic acids is 1. The topological polar surface area (TPSA) is 120 Å². The molecule has 260 valence electrons. The van der Waals surface area contributed by atoms with Gasteiger partial charge < -0.3 is 52.2 Å². The average molecular weight is 675 g/mol. The fraction of sp³-hybridized carbons (Fsp3) is 0.629. The first-order chi connectivity index (χ1) is 22.2. The summed E-state index contributed by atoms with van der Waals surface area (Å²) < 4.78 is 52.8. The minimum Gasteiger partial charge on any atom is -0.404 e. The van der Waals surface area contributed by atoms with Crippen molar-refractivity contribution in [1.82, 2.24) is 0 Å². The van der Waals surface area contributed by atoms with Crippen molar-refractivity contribution < 1.29 is 52.2 Å². The van der Waals surface area contributed by atoms with Crippen molar-refractivity contribution in [3.8, 4) is 0 Å². The summed E-state index contributed by atoms with van der Waals surface area (Å²) in [6, 6.07) is 20.8. The van der Waals surface area contributed by atoms with Crippen LogP contribution in [0.3, 0.4) is 0 Å². The Morgan fingerprint density at radius 3 is 1.79 bits per heavy atom. The van der Waals surface area contributed by atoms with Crippen LogP contribution in [-0.2, 0) is 47.1 Å². The van der Waals surface area contributed by atoms with Gasteiger partial charge in [0.05, 0.1) is 13.2 Å². The van der Waals surface area contributed by atoms with E-state index in [0.29, 0.717) is 6.29 Å². The van der Waals surface area contributed by atoms with Crippen LogP contribution in [0, 0.1) is 0 Å². The molecule has 0 unspecified atom stereocenters. The molecule has 2 aromatic rings. The minimum absolute atomic E-state index is 0.148. The largest absolute Gasteiger partial charge is 0.404 e. The van der Waals surface area contributed by atoms with Crippen LogP contribution in [0.1, 0.15) is 48.5 Å². The lowest BCUT2D eigenvalue weighted by molar-refractivity contribution is -0.253. The summed E-state index contributed by atoms with van der Waals surface area (Å²) in [4.78, 5) is 10.7. The summed E-state index contributed by atoms with van der Waals surface area (Å²) in [5.41, 5.74) is -1.10. The third-order valence-electron chi connectivity index (χ3n) is 9.16. The van der Waals surface area contributed by atoms with E-state index in [4.69, 9.17) is 42.3 Å². The molecule has 4 saturated heterocycles. The molecule has 2 aromatic carbocycles. The van der Waals surface area contributed by atoms with Gasteiger partial charge in [-0.05, 0) is 43.1 Å². The SMILES string of the molecule is CO[C@H]1[C@H]2OC(C)(C)O[C@H]2O[C@@H]1C=O.CO[C@H]1[C@H]2OC(C)(C)O[C@H]2O[C@]1(CO)CO[Si](c1ccccc1)(c1ccccc1)C(C)(C)C. The molecule has 47 heavy (non-hydrogen) atoms. The van der Waals surface area contributed by atoms with Gasteiger partial charge in [0, 0.05) is 14.2 Å². The van der Waals surface area contributed by atoms with E-state index < -0.39 is 56.4 Å². The van der Waals surface area contributed by atoms with Gasteiger partial charge in [0.2, 0.25) is 0 Å². The van der Waals surface area contributed by atoms with E-state index in [9.17, 15) is 9.90 Å². The third-order valence-corrected chi connectivity index (χ3v) is 14.1. The average Bonchev–Trinajstić information content (AvgIpc) is 3.70. The molecule has 11 nitrogen and oxygen atoms in total. The highest BCUT2D eigenvalue weighted by atomic mass is 28.4. The molecule has 0 bridgehead atoms. The van der Waals surface area contributed by atoms with E-state index in [2.05, 4.69) is 69.3 Å². The van der Waals surface area contributed by atoms with E-state index >= 15 is 0 Å². The van der Waals surface area contributed by atoms with E-state index in [1.54, 1.807) is 21.0 Å². The molecule has 8 atom stereocenters. The van der Waals surface area contributed by atoms with Gasteiger partial charge in [0.1, 0.15) is 36.1 Å². The number of ether oxygens (including phenoxy) is 8. The van der Waals surface area contributed by atoms with E-state index in [1.165, 1.54) is 7.11 Å². The van der Waals surface area contributed by atoms with Crippen molar-refractivity contribution in [3.63, 3.8) is 0 Å². The Labute approximate surface area is 278 Å². The van der Waals surface area contributed by atoms with Crippen molar-refractivity contribution in [2.45, 2.75) is 114 Å². The zero-order chi connectivity index (χ0) is 34.3. The fourth-order valence-corrected chi connectivity index (χ4v) is 11.8. The second-order valence-corrected chi connectivity index (χ2v) is 18.6. The lowest BCUT2D eigenvalue weighted by Crippen LogP contribution is -2.68. The smallest absolute Gasteiger partial charge is 0.261 e. The standard InChI is InChI=1S/C26H36O6Si.C9H14O5/c1-24(2,3)33(19-13-9-7-10-14-19,20-15-11-8-12-16-20)29-18-26(17-27)22(28-6)21-23(32-26)31-25(4,5)30-21;1-9(2)13-7-6(11-3)5(4-10)12-8(7)14-9/h7-16,21-23,27H,17-18H2,1-6H3;4-8H,1-3H3/t21-,22+,23+,26-;5-,6-,7-,8-/m11/s1. The lowest BCUT2D eigenvalue weighted by atomic mass is 9.97. The number of hydrogen-bond donors (Lipinski definition) is 1. The van der Waals surface area contributed by atoms with Crippen LogP contribution in [0.2, 0.25) is 5.04 Å². The number of carbonyl (C=O) groups is 1. The summed E-state index contributed by atoms with van der Waals surface area (Å²) in [6.45, 7) is 13.8. The van der Waals surface area contributed by atoms with Crippen molar-refractivity contribution in [1.29, 1.82) is 0 Å². The highest BCUT2D eigenvalue weighted by molar-refractivity contribution is 6.99. The first-order valence-electron chi connectivity index (χ1n) is 16.1. The molecule has 4 fully saturated rings. The molecule has 4 aliphatic rings. The van der Waals surface area contributed by atoms with Gasteiger partial charge in [0.25, 0.3) is 8.32 Å². The molecule has 4 heterocycles. The normalized spacial score (nSPS) is 34.0. The van der Waals surface area contributed by atoms with Crippen LogP contribution >= 0.6 is 0 Å². The maximum Gasteiger partial charge on any atom is 0.261 e. The zero-order valence-corrected chi connectivity index (χ0v) is 29.8. The number of methoxy groups -OCH3 is 2. The number of rotatable bonds is 9. The molecule has 0 amide bonds. The molecular weight excluding hydrogens is 624 g/mol. The number of aliphatic hydroxyl groups is 1. The summed E-state index contributed by atoms with van der Waals surface area (Å²) in [5, 5.41) is 12.7.